The van der Waals surface area contributed by atoms with Gasteiger partial charge in [-0.05, 0) is 57.6 Å². The normalized spacial score (nSPS) is 24.3. The maximum absolute atomic E-state index is 10.4. The van der Waals surface area contributed by atoms with Crippen LogP contribution in [0.1, 0.15) is 55.8 Å². The number of aliphatic imine (C=N–C) groups is 1. The first-order valence-electron chi connectivity index (χ1n) is 10.5. The minimum absolute atomic E-state index is 0.282. The molecule has 3 aliphatic rings. The highest BCUT2D eigenvalue weighted by Crippen LogP contribution is 2.36. The van der Waals surface area contributed by atoms with Crippen molar-refractivity contribution in [1.29, 1.82) is 0 Å². The number of rotatable bonds is 4. The lowest BCUT2D eigenvalue weighted by Crippen LogP contribution is -2.65. The average Bonchev–Trinajstić information content (AvgIpc) is 3.49. The number of hydrogen-bond acceptors (Lipinski definition) is 6. The number of hydrogen-bond donors (Lipinski definition) is 2. The maximum Gasteiger partial charge on any atom is 0.140 e. The second kappa shape index (κ2) is 6.78. The Labute approximate surface area is 165 Å². The van der Waals surface area contributed by atoms with E-state index in [1.807, 2.05) is 0 Å². The van der Waals surface area contributed by atoms with Crippen LogP contribution in [0.3, 0.4) is 0 Å². The van der Waals surface area contributed by atoms with Gasteiger partial charge < -0.3 is 15.7 Å². The van der Waals surface area contributed by atoms with Crippen LogP contribution in [0.5, 0.6) is 0 Å². The van der Waals surface area contributed by atoms with Crippen LogP contribution in [-0.2, 0) is 0 Å². The molecule has 0 radical (unpaired) electrons. The van der Waals surface area contributed by atoms with Crippen LogP contribution in [-0.4, -0.2) is 52.1 Å². The zero-order chi connectivity index (χ0) is 19.3. The zero-order valence-corrected chi connectivity index (χ0v) is 16.6. The Morgan fingerprint density at radius 1 is 1.18 bits per heavy atom. The lowest BCUT2D eigenvalue weighted by atomic mass is 9.87. The molecule has 0 amide bonds. The molecule has 1 aromatic carbocycles. The molecule has 3 fully saturated rings. The monoisotopic (exact) mass is 379 g/mol. The molecule has 5 rings (SSSR count). The van der Waals surface area contributed by atoms with Gasteiger partial charge in [-0.3, -0.25) is 4.99 Å². The summed E-state index contributed by atoms with van der Waals surface area (Å²) in [6, 6.07) is 6.97. The zero-order valence-electron chi connectivity index (χ0n) is 16.6. The number of nitrogens with two attached hydrogens (primary N) is 1. The third-order valence-corrected chi connectivity index (χ3v) is 6.34. The molecule has 2 aromatic rings. The highest BCUT2D eigenvalue weighted by molar-refractivity contribution is 5.91. The molecule has 0 atom stereocenters. The molecule has 6 nitrogen and oxygen atoms in total. The summed E-state index contributed by atoms with van der Waals surface area (Å²) in [7, 11) is 0. The van der Waals surface area contributed by atoms with E-state index in [0.717, 1.165) is 48.2 Å². The molecule has 0 bridgehead atoms. The quantitative estimate of drug-likeness (QED) is 0.853. The van der Waals surface area contributed by atoms with E-state index in [9.17, 15) is 5.11 Å². The summed E-state index contributed by atoms with van der Waals surface area (Å²) in [5.41, 5.74) is 8.51. The van der Waals surface area contributed by atoms with Gasteiger partial charge in [0.2, 0.25) is 0 Å². The molecule has 28 heavy (non-hydrogen) atoms. The molecule has 0 unspecified atom stereocenters. The minimum atomic E-state index is -0.791. The molecule has 0 spiro atoms. The highest BCUT2D eigenvalue weighted by atomic mass is 16.3. The fourth-order valence-electron chi connectivity index (χ4n) is 4.41. The van der Waals surface area contributed by atoms with Crippen molar-refractivity contribution in [2.45, 2.75) is 63.0 Å². The van der Waals surface area contributed by atoms with Gasteiger partial charge in [0.25, 0.3) is 0 Å². The predicted octanol–water partition coefficient (Wildman–Crippen LogP) is 2.71. The van der Waals surface area contributed by atoms with Crippen LogP contribution in [0.4, 0.5) is 5.82 Å². The van der Waals surface area contributed by atoms with Gasteiger partial charge in [0.05, 0.1) is 24.6 Å². The summed E-state index contributed by atoms with van der Waals surface area (Å²) in [5, 5.41) is 11.4. The highest BCUT2D eigenvalue weighted by Gasteiger charge is 2.41. The van der Waals surface area contributed by atoms with Gasteiger partial charge in [0.15, 0.2) is 0 Å². The Morgan fingerprint density at radius 3 is 2.61 bits per heavy atom. The van der Waals surface area contributed by atoms with Crippen molar-refractivity contribution in [3.8, 4) is 0 Å². The van der Waals surface area contributed by atoms with Gasteiger partial charge in [-0.25, -0.2) is 9.97 Å². The van der Waals surface area contributed by atoms with Crippen LogP contribution < -0.4 is 10.6 Å². The molecular weight excluding hydrogens is 350 g/mol. The van der Waals surface area contributed by atoms with Crippen LogP contribution in [0.15, 0.2) is 23.2 Å². The summed E-state index contributed by atoms with van der Waals surface area (Å²) in [6.45, 7) is 3.44. The molecule has 6 heteroatoms. The lowest BCUT2D eigenvalue weighted by Gasteiger charge is -2.47. The standard InChI is InChI=1S/C22H29N5O/c1-14-2-9-19-18(10-14)21(27-12-22(28,11-23)13-27)26-20(25-19)15-3-5-16(6-4-15)24-17-7-8-17/h2,9-10,15,17,28H,3-8,11-13,23H2,1H3. The van der Waals surface area contributed by atoms with Crippen LogP contribution in [0, 0.1) is 6.92 Å². The van der Waals surface area contributed by atoms with Gasteiger partial charge in [0, 0.05) is 23.6 Å². The van der Waals surface area contributed by atoms with Crippen molar-refractivity contribution >= 4 is 22.4 Å². The van der Waals surface area contributed by atoms with E-state index in [0.29, 0.717) is 25.0 Å². The van der Waals surface area contributed by atoms with Crippen LogP contribution in [0.2, 0.25) is 0 Å². The molecule has 1 aliphatic heterocycles. The van der Waals surface area contributed by atoms with Gasteiger partial charge in [-0.1, -0.05) is 11.6 Å². The number of anilines is 1. The fraction of sp³-hybridized carbons (Fsp3) is 0.591. The molecule has 2 heterocycles. The molecule has 2 aliphatic carbocycles. The number of nitrogens with zero attached hydrogens (tertiary/aromatic N) is 4. The minimum Gasteiger partial charge on any atom is -0.385 e. The summed E-state index contributed by atoms with van der Waals surface area (Å²) in [6.07, 6.45) is 6.85. The molecular formula is C22H29N5O. The summed E-state index contributed by atoms with van der Waals surface area (Å²) in [4.78, 5) is 16.9. The molecule has 2 saturated carbocycles. The van der Waals surface area contributed by atoms with E-state index in [-0.39, 0.29) is 6.54 Å². The Balaban J connectivity index is 1.44. The first-order valence-corrected chi connectivity index (χ1v) is 10.5. The van der Waals surface area contributed by atoms with Crippen molar-refractivity contribution in [2.75, 3.05) is 24.5 Å². The van der Waals surface area contributed by atoms with Gasteiger partial charge in [-0.15, -0.1) is 0 Å². The second-order valence-corrected chi connectivity index (χ2v) is 8.91. The summed E-state index contributed by atoms with van der Waals surface area (Å²) >= 11 is 0. The van der Waals surface area contributed by atoms with E-state index < -0.39 is 5.60 Å². The van der Waals surface area contributed by atoms with E-state index in [1.54, 1.807) is 0 Å². The Hall–Kier alpha value is -2.05. The van der Waals surface area contributed by atoms with Gasteiger partial charge >= 0.3 is 0 Å². The lowest BCUT2D eigenvalue weighted by molar-refractivity contribution is 0.0206. The van der Waals surface area contributed by atoms with Crippen molar-refractivity contribution in [3.05, 3.63) is 29.6 Å². The van der Waals surface area contributed by atoms with Crippen molar-refractivity contribution < 1.29 is 5.11 Å². The van der Waals surface area contributed by atoms with E-state index >= 15 is 0 Å². The number of aryl methyl sites for hydroxylation is 1. The smallest absolute Gasteiger partial charge is 0.140 e. The molecule has 3 N–H and O–H groups in total. The largest absolute Gasteiger partial charge is 0.385 e. The average molecular weight is 380 g/mol. The van der Waals surface area contributed by atoms with E-state index in [4.69, 9.17) is 20.7 Å². The summed E-state index contributed by atoms with van der Waals surface area (Å²) in [5.74, 6) is 2.27. The molecule has 1 aromatic heterocycles. The third-order valence-electron chi connectivity index (χ3n) is 6.34. The number of fused-ring (bicyclic) bond motifs is 1. The first kappa shape index (κ1) is 18.0. The molecule has 1 saturated heterocycles. The van der Waals surface area contributed by atoms with E-state index in [1.165, 1.54) is 24.1 Å². The third kappa shape index (κ3) is 3.40. The number of aromatic nitrogens is 2. The van der Waals surface area contributed by atoms with Crippen molar-refractivity contribution in [2.24, 2.45) is 10.7 Å². The second-order valence-electron chi connectivity index (χ2n) is 8.91. The summed E-state index contributed by atoms with van der Waals surface area (Å²) < 4.78 is 0. The van der Waals surface area contributed by atoms with Crippen LogP contribution >= 0.6 is 0 Å². The maximum atomic E-state index is 10.4. The van der Waals surface area contributed by atoms with Gasteiger partial charge in [0.1, 0.15) is 17.2 Å². The Morgan fingerprint density at radius 2 is 1.93 bits per heavy atom. The Bertz CT molecular complexity index is 920. The van der Waals surface area contributed by atoms with E-state index in [2.05, 4.69) is 30.0 Å². The number of benzene rings is 1. The number of aliphatic hydroxyl groups is 1. The number of β-amino-alcohol motifs (C(OH)–C–C–N with tert-alkyl or cyclic N) is 1. The SMILES string of the molecule is Cc1ccc2nc(C3CCC(=NC4CC4)CC3)nc(N3CC(O)(CN)C3)c2c1. The fourth-order valence-corrected chi connectivity index (χ4v) is 4.41. The van der Waals surface area contributed by atoms with Crippen LogP contribution in [0.25, 0.3) is 10.9 Å². The topological polar surface area (TPSA) is 87.6 Å². The first-order chi connectivity index (χ1) is 13.5. The van der Waals surface area contributed by atoms with Gasteiger partial charge in [-0.2, -0.15) is 0 Å². The van der Waals surface area contributed by atoms with Crippen molar-refractivity contribution in [3.63, 3.8) is 0 Å². The van der Waals surface area contributed by atoms with Crippen molar-refractivity contribution in [1.82, 2.24) is 9.97 Å². The predicted molar refractivity (Wildman–Crippen MR) is 112 cm³/mol. The Kier molecular flexibility index (Phi) is 4.36. The molecule has 148 valence electrons.